The molecule has 2 rings (SSSR count). The SMILES string of the molecule is COc1ccc(F)c(C(N)C(N)c2cc(OC)ccc2F)c1. The van der Waals surface area contributed by atoms with E-state index in [-0.39, 0.29) is 11.1 Å². The highest BCUT2D eigenvalue weighted by Crippen LogP contribution is 2.31. The van der Waals surface area contributed by atoms with Crippen LogP contribution in [-0.2, 0) is 0 Å². The number of hydrogen-bond acceptors (Lipinski definition) is 4. The summed E-state index contributed by atoms with van der Waals surface area (Å²) < 4.78 is 38.0. The molecule has 0 saturated carbocycles. The predicted molar refractivity (Wildman–Crippen MR) is 79.8 cm³/mol. The monoisotopic (exact) mass is 308 g/mol. The maximum atomic E-state index is 14.0. The van der Waals surface area contributed by atoms with Crippen molar-refractivity contribution in [1.82, 2.24) is 0 Å². The van der Waals surface area contributed by atoms with Crippen molar-refractivity contribution in [2.75, 3.05) is 14.2 Å². The van der Waals surface area contributed by atoms with Gasteiger partial charge in [0.25, 0.3) is 0 Å². The molecule has 22 heavy (non-hydrogen) atoms. The Morgan fingerprint density at radius 2 is 1.14 bits per heavy atom. The zero-order valence-electron chi connectivity index (χ0n) is 12.3. The molecule has 2 unspecified atom stereocenters. The summed E-state index contributed by atoms with van der Waals surface area (Å²) in [6, 6.07) is 6.47. The summed E-state index contributed by atoms with van der Waals surface area (Å²) in [5.41, 5.74) is 12.4. The Bertz CT molecular complexity index is 607. The average molecular weight is 308 g/mol. The number of ether oxygens (including phenoxy) is 2. The molecule has 2 aromatic carbocycles. The lowest BCUT2D eigenvalue weighted by atomic mass is 9.94. The summed E-state index contributed by atoms with van der Waals surface area (Å²) >= 11 is 0. The highest BCUT2D eigenvalue weighted by Gasteiger charge is 2.24. The van der Waals surface area contributed by atoms with Crippen LogP contribution in [0, 0.1) is 11.6 Å². The smallest absolute Gasteiger partial charge is 0.128 e. The Labute approximate surface area is 127 Å². The molecule has 0 amide bonds. The minimum atomic E-state index is -0.934. The topological polar surface area (TPSA) is 70.5 Å². The molecule has 2 aromatic rings. The molecule has 118 valence electrons. The first-order valence-corrected chi connectivity index (χ1v) is 6.66. The Morgan fingerprint density at radius 1 is 0.773 bits per heavy atom. The lowest BCUT2D eigenvalue weighted by Gasteiger charge is -2.22. The highest BCUT2D eigenvalue weighted by atomic mass is 19.1. The van der Waals surface area contributed by atoms with E-state index in [1.54, 1.807) is 0 Å². The minimum Gasteiger partial charge on any atom is -0.497 e. The number of halogens is 2. The fourth-order valence-electron chi connectivity index (χ4n) is 2.20. The molecule has 0 saturated heterocycles. The molecular weight excluding hydrogens is 290 g/mol. The maximum Gasteiger partial charge on any atom is 0.128 e. The highest BCUT2D eigenvalue weighted by molar-refractivity contribution is 5.37. The Hall–Kier alpha value is -2.18. The van der Waals surface area contributed by atoms with Gasteiger partial charge >= 0.3 is 0 Å². The molecule has 0 radical (unpaired) electrons. The summed E-state index contributed by atoms with van der Waals surface area (Å²) in [7, 11) is 2.92. The molecule has 0 aliphatic carbocycles. The van der Waals surface area contributed by atoms with Gasteiger partial charge in [0, 0.05) is 11.1 Å². The molecular formula is C16H18F2N2O2. The molecule has 4 N–H and O–H groups in total. The second-order valence-corrected chi connectivity index (χ2v) is 4.83. The summed E-state index contributed by atoms with van der Waals surface area (Å²) in [4.78, 5) is 0. The van der Waals surface area contributed by atoms with E-state index in [0.29, 0.717) is 11.5 Å². The predicted octanol–water partition coefficient (Wildman–Crippen LogP) is 2.68. The zero-order chi connectivity index (χ0) is 16.3. The van der Waals surface area contributed by atoms with Crippen LogP contribution in [-0.4, -0.2) is 14.2 Å². The van der Waals surface area contributed by atoms with Crippen molar-refractivity contribution in [2.45, 2.75) is 12.1 Å². The van der Waals surface area contributed by atoms with E-state index in [1.165, 1.54) is 50.6 Å². The fourth-order valence-corrected chi connectivity index (χ4v) is 2.20. The second kappa shape index (κ2) is 6.72. The largest absolute Gasteiger partial charge is 0.497 e. The molecule has 0 bridgehead atoms. The van der Waals surface area contributed by atoms with E-state index in [2.05, 4.69) is 0 Å². The van der Waals surface area contributed by atoms with Gasteiger partial charge in [-0.15, -0.1) is 0 Å². The first-order valence-electron chi connectivity index (χ1n) is 6.66. The van der Waals surface area contributed by atoms with Crippen LogP contribution in [0.25, 0.3) is 0 Å². The summed E-state index contributed by atoms with van der Waals surface area (Å²) in [6.07, 6.45) is 0. The van der Waals surface area contributed by atoms with Gasteiger partial charge in [-0.2, -0.15) is 0 Å². The van der Waals surface area contributed by atoms with Crippen LogP contribution < -0.4 is 20.9 Å². The van der Waals surface area contributed by atoms with Gasteiger partial charge in [-0.3, -0.25) is 0 Å². The maximum absolute atomic E-state index is 14.0. The van der Waals surface area contributed by atoms with Gasteiger partial charge in [0.05, 0.1) is 26.3 Å². The van der Waals surface area contributed by atoms with Crippen molar-refractivity contribution in [2.24, 2.45) is 11.5 Å². The molecule has 0 heterocycles. The lowest BCUT2D eigenvalue weighted by Crippen LogP contribution is -2.28. The van der Waals surface area contributed by atoms with Gasteiger partial charge in [0.2, 0.25) is 0 Å². The molecule has 4 nitrogen and oxygen atoms in total. The van der Waals surface area contributed by atoms with Gasteiger partial charge < -0.3 is 20.9 Å². The standard InChI is InChI=1S/C16H18F2N2O2/c1-21-9-3-5-13(17)11(7-9)15(19)16(20)12-8-10(22-2)4-6-14(12)18/h3-8,15-16H,19-20H2,1-2H3. The first-order chi connectivity index (χ1) is 10.5. The molecule has 0 aliphatic heterocycles. The van der Waals surface area contributed by atoms with E-state index in [4.69, 9.17) is 20.9 Å². The van der Waals surface area contributed by atoms with Gasteiger partial charge in [-0.25, -0.2) is 8.78 Å². The van der Waals surface area contributed by atoms with Crippen molar-refractivity contribution < 1.29 is 18.3 Å². The van der Waals surface area contributed by atoms with Crippen LogP contribution in [0.1, 0.15) is 23.2 Å². The third-order valence-corrected chi connectivity index (χ3v) is 3.51. The molecule has 0 spiro atoms. The van der Waals surface area contributed by atoms with Crippen molar-refractivity contribution >= 4 is 0 Å². The second-order valence-electron chi connectivity index (χ2n) is 4.83. The summed E-state index contributed by atoms with van der Waals surface area (Å²) in [5, 5.41) is 0. The van der Waals surface area contributed by atoms with E-state index in [9.17, 15) is 8.78 Å². The van der Waals surface area contributed by atoms with Crippen LogP contribution in [0.2, 0.25) is 0 Å². The van der Waals surface area contributed by atoms with Crippen LogP contribution >= 0.6 is 0 Å². The van der Waals surface area contributed by atoms with E-state index < -0.39 is 23.7 Å². The van der Waals surface area contributed by atoms with Crippen molar-refractivity contribution in [3.05, 3.63) is 59.2 Å². The Balaban J connectivity index is 2.38. The Morgan fingerprint density at radius 3 is 1.45 bits per heavy atom. The van der Waals surface area contributed by atoms with Crippen LogP contribution in [0.5, 0.6) is 11.5 Å². The minimum absolute atomic E-state index is 0.161. The van der Waals surface area contributed by atoms with Crippen LogP contribution in [0.4, 0.5) is 8.78 Å². The van der Waals surface area contributed by atoms with E-state index >= 15 is 0 Å². The molecule has 0 aliphatic rings. The number of hydrogen-bond donors (Lipinski definition) is 2. The summed E-state index contributed by atoms with van der Waals surface area (Å²) in [6.45, 7) is 0. The third kappa shape index (κ3) is 3.18. The van der Waals surface area contributed by atoms with Gasteiger partial charge in [0.15, 0.2) is 0 Å². The number of methoxy groups -OCH3 is 2. The average Bonchev–Trinajstić information content (AvgIpc) is 2.54. The number of benzene rings is 2. The fraction of sp³-hybridized carbons (Fsp3) is 0.250. The van der Waals surface area contributed by atoms with Crippen molar-refractivity contribution in [3.63, 3.8) is 0 Å². The summed E-state index contributed by atoms with van der Waals surface area (Å²) in [5.74, 6) is -0.144. The molecule has 6 heteroatoms. The van der Waals surface area contributed by atoms with Crippen LogP contribution in [0.15, 0.2) is 36.4 Å². The quantitative estimate of drug-likeness (QED) is 0.891. The zero-order valence-corrected chi connectivity index (χ0v) is 12.3. The molecule has 0 aromatic heterocycles. The number of nitrogens with two attached hydrogens (primary N) is 2. The lowest BCUT2D eigenvalue weighted by molar-refractivity contribution is 0.407. The number of rotatable bonds is 5. The van der Waals surface area contributed by atoms with Gasteiger partial charge in [0.1, 0.15) is 23.1 Å². The molecule has 0 fully saturated rings. The van der Waals surface area contributed by atoms with Gasteiger partial charge in [-0.05, 0) is 36.4 Å². The third-order valence-electron chi connectivity index (χ3n) is 3.51. The van der Waals surface area contributed by atoms with Crippen LogP contribution in [0.3, 0.4) is 0 Å². The Kier molecular flexibility index (Phi) is 4.95. The van der Waals surface area contributed by atoms with E-state index in [0.717, 1.165) is 0 Å². The normalized spacial score (nSPS) is 13.5. The van der Waals surface area contributed by atoms with Crippen molar-refractivity contribution in [1.29, 1.82) is 0 Å². The van der Waals surface area contributed by atoms with Gasteiger partial charge in [-0.1, -0.05) is 0 Å². The van der Waals surface area contributed by atoms with Crippen molar-refractivity contribution in [3.8, 4) is 11.5 Å². The first kappa shape index (κ1) is 16.2. The van der Waals surface area contributed by atoms with E-state index in [1.807, 2.05) is 0 Å². The molecule has 2 atom stereocenters.